The molecule has 0 radical (unpaired) electrons. The molecule has 0 aliphatic rings. The molecule has 2 rings (SSSR count). The van der Waals surface area contributed by atoms with Crippen molar-refractivity contribution in [2.75, 3.05) is 0 Å². The molecule has 0 bridgehead atoms. The quantitative estimate of drug-likeness (QED) is 0.509. The standard InChI is InChI=1S/C12H13IN4/c13-10-6-16-17(7-10)8-11(12(14)15)9-4-2-1-3-5-9/h1-7,11H,8H2,(H3,14,15). The first-order valence-corrected chi connectivity index (χ1v) is 6.31. The predicted molar refractivity (Wildman–Crippen MR) is 76.0 cm³/mol. The molecule has 1 aromatic heterocycles. The fourth-order valence-corrected chi connectivity index (χ4v) is 2.14. The van der Waals surface area contributed by atoms with Crippen molar-refractivity contribution in [3.05, 3.63) is 51.9 Å². The van der Waals surface area contributed by atoms with Crippen molar-refractivity contribution in [2.24, 2.45) is 5.73 Å². The van der Waals surface area contributed by atoms with Gasteiger partial charge in [-0.15, -0.1) is 0 Å². The summed E-state index contributed by atoms with van der Waals surface area (Å²) in [6, 6.07) is 9.84. The van der Waals surface area contributed by atoms with Crippen LogP contribution in [0, 0.1) is 8.98 Å². The van der Waals surface area contributed by atoms with E-state index in [4.69, 9.17) is 11.1 Å². The number of hydrogen-bond donors (Lipinski definition) is 2. The molecule has 0 saturated heterocycles. The molecule has 17 heavy (non-hydrogen) atoms. The van der Waals surface area contributed by atoms with E-state index in [-0.39, 0.29) is 11.8 Å². The Bertz CT molecular complexity index is 506. The van der Waals surface area contributed by atoms with E-state index in [0.29, 0.717) is 6.54 Å². The van der Waals surface area contributed by atoms with Gasteiger partial charge in [-0.3, -0.25) is 10.1 Å². The van der Waals surface area contributed by atoms with Gasteiger partial charge in [0.1, 0.15) is 5.84 Å². The van der Waals surface area contributed by atoms with Crippen LogP contribution in [-0.4, -0.2) is 15.6 Å². The van der Waals surface area contributed by atoms with E-state index >= 15 is 0 Å². The Kier molecular flexibility index (Phi) is 3.78. The second-order valence-electron chi connectivity index (χ2n) is 3.80. The average molecular weight is 340 g/mol. The average Bonchev–Trinajstić information content (AvgIpc) is 2.73. The zero-order chi connectivity index (χ0) is 12.3. The van der Waals surface area contributed by atoms with Crippen LogP contribution in [0.3, 0.4) is 0 Å². The van der Waals surface area contributed by atoms with Crippen molar-refractivity contribution in [1.82, 2.24) is 9.78 Å². The summed E-state index contributed by atoms with van der Waals surface area (Å²) in [6.07, 6.45) is 3.74. The lowest BCUT2D eigenvalue weighted by molar-refractivity contribution is 0.585. The zero-order valence-electron chi connectivity index (χ0n) is 9.18. The highest BCUT2D eigenvalue weighted by Gasteiger charge is 2.15. The summed E-state index contributed by atoms with van der Waals surface area (Å²) in [4.78, 5) is 0. The highest BCUT2D eigenvalue weighted by Crippen LogP contribution is 2.17. The Hall–Kier alpha value is -1.37. The molecule has 1 unspecified atom stereocenters. The molecular formula is C12H13IN4. The lowest BCUT2D eigenvalue weighted by atomic mass is 9.98. The first-order chi connectivity index (χ1) is 8.16. The van der Waals surface area contributed by atoms with E-state index in [1.165, 1.54) is 0 Å². The minimum Gasteiger partial charge on any atom is -0.387 e. The Labute approximate surface area is 113 Å². The van der Waals surface area contributed by atoms with E-state index < -0.39 is 0 Å². The maximum Gasteiger partial charge on any atom is 0.100 e. The molecule has 4 nitrogen and oxygen atoms in total. The molecule has 1 atom stereocenters. The van der Waals surface area contributed by atoms with Crippen molar-refractivity contribution in [3.8, 4) is 0 Å². The number of halogens is 1. The Morgan fingerprint density at radius 1 is 1.41 bits per heavy atom. The molecule has 0 aliphatic heterocycles. The van der Waals surface area contributed by atoms with Gasteiger partial charge in [0.2, 0.25) is 0 Å². The molecular weight excluding hydrogens is 327 g/mol. The number of nitrogens with two attached hydrogens (primary N) is 1. The molecule has 1 aromatic carbocycles. The zero-order valence-corrected chi connectivity index (χ0v) is 11.3. The Morgan fingerprint density at radius 3 is 2.65 bits per heavy atom. The van der Waals surface area contributed by atoms with Gasteiger partial charge >= 0.3 is 0 Å². The summed E-state index contributed by atoms with van der Waals surface area (Å²) >= 11 is 2.21. The molecule has 0 saturated carbocycles. The van der Waals surface area contributed by atoms with Gasteiger partial charge in [-0.2, -0.15) is 5.10 Å². The van der Waals surface area contributed by atoms with Crippen molar-refractivity contribution in [3.63, 3.8) is 0 Å². The topological polar surface area (TPSA) is 67.7 Å². The number of nitrogens with one attached hydrogen (secondary N) is 1. The lowest BCUT2D eigenvalue weighted by Gasteiger charge is -2.15. The molecule has 1 heterocycles. The van der Waals surface area contributed by atoms with Gasteiger partial charge in [0.05, 0.1) is 22.2 Å². The van der Waals surface area contributed by atoms with E-state index in [0.717, 1.165) is 9.13 Å². The first-order valence-electron chi connectivity index (χ1n) is 5.23. The molecule has 0 amide bonds. The second kappa shape index (κ2) is 5.31. The van der Waals surface area contributed by atoms with E-state index in [9.17, 15) is 0 Å². The molecule has 0 spiro atoms. The second-order valence-corrected chi connectivity index (χ2v) is 5.04. The van der Waals surface area contributed by atoms with Gasteiger partial charge in [0.15, 0.2) is 0 Å². The highest BCUT2D eigenvalue weighted by atomic mass is 127. The minimum atomic E-state index is -0.119. The Balaban J connectivity index is 2.22. The van der Waals surface area contributed by atoms with Gasteiger partial charge < -0.3 is 5.73 Å². The fraction of sp³-hybridized carbons (Fsp3) is 0.167. The van der Waals surface area contributed by atoms with Crippen LogP contribution in [0.1, 0.15) is 11.5 Å². The SMILES string of the molecule is N=C(N)C(Cn1cc(I)cn1)c1ccccc1. The van der Waals surface area contributed by atoms with Gasteiger partial charge in [-0.1, -0.05) is 30.3 Å². The van der Waals surface area contributed by atoms with Crippen LogP contribution < -0.4 is 5.73 Å². The van der Waals surface area contributed by atoms with Crippen LogP contribution in [0.4, 0.5) is 0 Å². The van der Waals surface area contributed by atoms with Gasteiger partial charge in [0, 0.05) is 6.20 Å². The molecule has 5 heteroatoms. The van der Waals surface area contributed by atoms with Crippen LogP contribution in [0.15, 0.2) is 42.7 Å². The third-order valence-electron chi connectivity index (χ3n) is 2.55. The summed E-state index contributed by atoms with van der Waals surface area (Å²) < 4.78 is 2.90. The van der Waals surface area contributed by atoms with Crippen molar-refractivity contribution in [1.29, 1.82) is 5.41 Å². The number of hydrogen-bond acceptors (Lipinski definition) is 2. The summed E-state index contributed by atoms with van der Waals surface area (Å²) in [5.74, 6) is 0.0496. The molecule has 0 aliphatic carbocycles. The van der Waals surface area contributed by atoms with Crippen LogP contribution in [0.2, 0.25) is 0 Å². The van der Waals surface area contributed by atoms with Crippen molar-refractivity contribution in [2.45, 2.75) is 12.5 Å². The van der Waals surface area contributed by atoms with E-state index in [1.54, 1.807) is 6.20 Å². The smallest absolute Gasteiger partial charge is 0.100 e. The first kappa shape index (κ1) is 12.1. The number of benzene rings is 1. The number of nitrogens with zero attached hydrogens (tertiary/aromatic N) is 2. The Morgan fingerprint density at radius 2 is 2.12 bits per heavy atom. The van der Waals surface area contributed by atoms with E-state index in [1.807, 2.05) is 41.2 Å². The third-order valence-corrected chi connectivity index (χ3v) is 3.11. The molecule has 88 valence electrons. The number of aromatic nitrogens is 2. The highest BCUT2D eigenvalue weighted by molar-refractivity contribution is 14.1. The van der Waals surface area contributed by atoms with Crippen molar-refractivity contribution < 1.29 is 0 Å². The van der Waals surface area contributed by atoms with Crippen LogP contribution >= 0.6 is 22.6 Å². The lowest BCUT2D eigenvalue weighted by Crippen LogP contribution is -2.25. The maximum atomic E-state index is 7.68. The summed E-state index contributed by atoms with van der Waals surface area (Å²) in [7, 11) is 0. The van der Waals surface area contributed by atoms with Crippen LogP contribution in [0.25, 0.3) is 0 Å². The van der Waals surface area contributed by atoms with Gasteiger partial charge in [-0.05, 0) is 28.2 Å². The molecule has 0 fully saturated rings. The monoisotopic (exact) mass is 340 g/mol. The minimum absolute atomic E-state index is 0.119. The van der Waals surface area contributed by atoms with E-state index in [2.05, 4.69) is 27.7 Å². The number of rotatable bonds is 4. The summed E-state index contributed by atoms with van der Waals surface area (Å²) in [6.45, 7) is 0.600. The molecule has 2 aromatic rings. The third kappa shape index (κ3) is 3.06. The van der Waals surface area contributed by atoms with Crippen LogP contribution in [-0.2, 0) is 6.54 Å². The van der Waals surface area contributed by atoms with Gasteiger partial charge in [-0.25, -0.2) is 0 Å². The van der Waals surface area contributed by atoms with Crippen LogP contribution in [0.5, 0.6) is 0 Å². The fourth-order valence-electron chi connectivity index (χ4n) is 1.69. The van der Waals surface area contributed by atoms with Gasteiger partial charge in [0.25, 0.3) is 0 Å². The maximum absolute atomic E-state index is 7.68. The largest absolute Gasteiger partial charge is 0.387 e. The summed E-state index contributed by atoms with van der Waals surface area (Å²) in [5, 5.41) is 11.9. The normalized spacial score (nSPS) is 12.3. The van der Waals surface area contributed by atoms with Crippen molar-refractivity contribution >= 4 is 28.4 Å². The predicted octanol–water partition coefficient (Wildman–Crippen LogP) is 2.21. The number of amidine groups is 1. The summed E-state index contributed by atoms with van der Waals surface area (Å²) in [5.41, 5.74) is 6.71. The molecule has 3 N–H and O–H groups in total.